The second-order valence-corrected chi connectivity index (χ2v) is 5.18. The van der Waals surface area contributed by atoms with E-state index in [-0.39, 0.29) is 6.54 Å². The molecule has 5 heteroatoms. The first-order valence-corrected chi connectivity index (χ1v) is 6.51. The molecule has 5 nitrogen and oxygen atoms in total. The number of aryl methyl sites for hydroxylation is 1. The first-order valence-electron chi connectivity index (χ1n) is 6.51. The predicted molar refractivity (Wildman–Crippen MR) is 72.1 cm³/mol. The van der Waals surface area contributed by atoms with Crippen LogP contribution in [0.2, 0.25) is 0 Å². The molecule has 1 aromatic carbocycles. The first-order chi connectivity index (χ1) is 9.11. The highest BCUT2D eigenvalue weighted by Crippen LogP contribution is 2.40. The Balaban J connectivity index is 2.07. The van der Waals surface area contributed by atoms with Crippen molar-refractivity contribution in [1.82, 2.24) is 9.55 Å². The summed E-state index contributed by atoms with van der Waals surface area (Å²) in [7, 11) is 2.01. The molecule has 3 N–H and O–H groups in total. The van der Waals surface area contributed by atoms with E-state index in [0.717, 1.165) is 22.4 Å². The van der Waals surface area contributed by atoms with Crippen molar-refractivity contribution in [1.29, 1.82) is 0 Å². The maximum absolute atomic E-state index is 11.2. The number of fused-ring (bicyclic) bond motifs is 1. The third kappa shape index (κ3) is 2.00. The van der Waals surface area contributed by atoms with Crippen LogP contribution in [-0.4, -0.2) is 27.2 Å². The van der Waals surface area contributed by atoms with Crippen LogP contribution in [0.1, 0.15) is 36.1 Å². The maximum atomic E-state index is 11.2. The molecule has 1 unspecified atom stereocenters. The smallest absolute Gasteiger partial charge is 0.312 e. The molecule has 1 fully saturated rings. The molecule has 1 aliphatic carbocycles. The Hall–Kier alpha value is -1.88. The van der Waals surface area contributed by atoms with Gasteiger partial charge < -0.3 is 15.4 Å². The van der Waals surface area contributed by atoms with E-state index in [2.05, 4.69) is 9.55 Å². The Morgan fingerprint density at radius 2 is 2.32 bits per heavy atom. The lowest BCUT2D eigenvalue weighted by Gasteiger charge is -2.09. The number of rotatable bonds is 4. The summed E-state index contributed by atoms with van der Waals surface area (Å²) in [6.07, 6.45) is 2.40. The van der Waals surface area contributed by atoms with Gasteiger partial charge in [0.2, 0.25) is 0 Å². The van der Waals surface area contributed by atoms with Gasteiger partial charge in [0.15, 0.2) is 0 Å². The van der Waals surface area contributed by atoms with Gasteiger partial charge in [0, 0.05) is 19.5 Å². The summed E-state index contributed by atoms with van der Waals surface area (Å²) in [6.45, 7) is 0.100. The zero-order valence-corrected chi connectivity index (χ0v) is 10.8. The van der Waals surface area contributed by atoms with Crippen LogP contribution in [0, 0.1) is 0 Å². The number of benzene rings is 1. The van der Waals surface area contributed by atoms with Crippen LogP contribution < -0.4 is 5.73 Å². The van der Waals surface area contributed by atoms with E-state index in [0.29, 0.717) is 5.92 Å². The van der Waals surface area contributed by atoms with Crippen LogP contribution in [0.25, 0.3) is 11.0 Å². The van der Waals surface area contributed by atoms with E-state index in [1.54, 1.807) is 0 Å². The van der Waals surface area contributed by atoms with Gasteiger partial charge in [-0.1, -0.05) is 6.07 Å². The predicted octanol–water partition coefficient (Wildman–Crippen LogP) is 1.58. The zero-order valence-electron chi connectivity index (χ0n) is 10.8. The fourth-order valence-corrected chi connectivity index (χ4v) is 2.54. The minimum absolute atomic E-state index is 0.100. The zero-order chi connectivity index (χ0) is 13.6. The molecule has 1 aliphatic rings. The number of aliphatic carboxylic acids is 1. The number of hydrogen-bond acceptors (Lipinski definition) is 3. The largest absolute Gasteiger partial charge is 0.481 e. The Kier molecular flexibility index (Phi) is 2.78. The molecule has 0 saturated heterocycles. The lowest BCUT2D eigenvalue weighted by Crippen LogP contribution is -2.21. The van der Waals surface area contributed by atoms with E-state index in [1.165, 1.54) is 12.8 Å². The summed E-state index contributed by atoms with van der Waals surface area (Å²) in [5.74, 6) is 0.133. The number of nitrogens with two attached hydrogens (primary N) is 1. The van der Waals surface area contributed by atoms with Crippen LogP contribution in [0.3, 0.4) is 0 Å². The van der Waals surface area contributed by atoms with Crippen molar-refractivity contribution in [3.05, 3.63) is 29.6 Å². The van der Waals surface area contributed by atoms with Crippen molar-refractivity contribution in [2.45, 2.75) is 24.7 Å². The van der Waals surface area contributed by atoms with E-state index in [1.807, 2.05) is 25.2 Å². The molecule has 2 aromatic rings. The number of hydrogen-bond donors (Lipinski definition) is 2. The van der Waals surface area contributed by atoms with Gasteiger partial charge >= 0.3 is 5.97 Å². The minimum atomic E-state index is -0.889. The Morgan fingerprint density at radius 3 is 2.89 bits per heavy atom. The summed E-state index contributed by atoms with van der Waals surface area (Å²) >= 11 is 0. The average Bonchev–Trinajstić information content (AvgIpc) is 3.16. The van der Waals surface area contributed by atoms with Crippen molar-refractivity contribution in [3.63, 3.8) is 0 Å². The van der Waals surface area contributed by atoms with E-state index in [9.17, 15) is 4.79 Å². The van der Waals surface area contributed by atoms with Gasteiger partial charge in [-0.05, 0) is 30.5 Å². The van der Waals surface area contributed by atoms with Gasteiger partial charge in [-0.2, -0.15) is 0 Å². The van der Waals surface area contributed by atoms with E-state index < -0.39 is 11.9 Å². The van der Waals surface area contributed by atoms with Crippen molar-refractivity contribution in [2.24, 2.45) is 12.8 Å². The molecule has 3 rings (SSSR count). The molecule has 0 spiro atoms. The highest BCUT2D eigenvalue weighted by molar-refractivity contribution is 5.81. The lowest BCUT2D eigenvalue weighted by atomic mass is 9.99. The van der Waals surface area contributed by atoms with Crippen molar-refractivity contribution < 1.29 is 9.90 Å². The van der Waals surface area contributed by atoms with Crippen LogP contribution >= 0.6 is 0 Å². The Labute approximate surface area is 111 Å². The second-order valence-electron chi connectivity index (χ2n) is 5.18. The van der Waals surface area contributed by atoms with E-state index in [4.69, 9.17) is 10.8 Å². The molecule has 0 bridgehead atoms. The molecular formula is C14H17N3O2. The van der Waals surface area contributed by atoms with Crippen LogP contribution in [0.5, 0.6) is 0 Å². The first kappa shape index (κ1) is 12.2. The summed E-state index contributed by atoms with van der Waals surface area (Å²) in [6, 6.07) is 5.63. The lowest BCUT2D eigenvalue weighted by molar-refractivity contribution is -0.138. The number of carboxylic acid groups (broad SMARTS) is 1. The fraction of sp³-hybridized carbons (Fsp3) is 0.429. The van der Waals surface area contributed by atoms with Crippen molar-refractivity contribution in [2.75, 3.05) is 6.54 Å². The highest BCUT2D eigenvalue weighted by atomic mass is 16.4. The molecule has 0 aliphatic heterocycles. The fourth-order valence-electron chi connectivity index (χ4n) is 2.54. The molecule has 1 atom stereocenters. The highest BCUT2D eigenvalue weighted by Gasteiger charge is 2.29. The number of aromatic nitrogens is 2. The Morgan fingerprint density at radius 1 is 1.58 bits per heavy atom. The van der Waals surface area contributed by atoms with Crippen molar-refractivity contribution >= 4 is 17.0 Å². The van der Waals surface area contributed by atoms with E-state index >= 15 is 0 Å². The molecular weight excluding hydrogens is 242 g/mol. The van der Waals surface area contributed by atoms with Crippen LogP contribution in [0.4, 0.5) is 0 Å². The average molecular weight is 259 g/mol. The van der Waals surface area contributed by atoms with Gasteiger partial charge in [0.1, 0.15) is 5.82 Å². The molecule has 1 heterocycles. The quantitative estimate of drug-likeness (QED) is 0.873. The second kappa shape index (κ2) is 4.35. The maximum Gasteiger partial charge on any atom is 0.312 e. The van der Waals surface area contributed by atoms with Gasteiger partial charge in [-0.3, -0.25) is 4.79 Å². The molecule has 0 amide bonds. The number of carboxylic acids is 1. The molecule has 1 aromatic heterocycles. The monoisotopic (exact) mass is 259 g/mol. The third-order valence-electron chi connectivity index (χ3n) is 3.82. The Bertz CT molecular complexity index is 643. The van der Waals surface area contributed by atoms with Gasteiger partial charge in [0.05, 0.1) is 17.0 Å². The van der Waals surface area contributed by atoms with Gasteiger partial charge in [-0.15, -0.1) is 0 Å². The van der Waals surface area contributed by atoms with Gasteiger partial charge in [-0.25, -0.2) is 4.98 Å². The van der Waals surface area contributed by atoms with Gasteiger partial charge in [0.25, 0.3) is 0 Å². The number of imidazole rings is 1. The van der Waals surface area contributed by atoms with Crippen LogP contribution in [0.15, 0.2) is 18.2 Å². The topological polar surface area (TPSA) is 81.1 Å². The standard InChI is InChI=1S/C14H17N3O2/c1-17-12-5-4-9(10(7-15)14(18)19)6-11(12)16-13(17)8-2-3-8/h4-6,8,10H,2-3,7,15H2,1H3,(H,18,19). The SMILES string of the molecule is Cn1c(C2CC2)nc2cc(C(CN)C(=O)O)ccc21. The summed E-state index contributed by atoms with van der Waals surface area (Å²) in [5.41, 5.74) is 8.17. The molecule has 0 radical (unpaired) electrons. The number of nitrogens with zero attached hydrogens (tertiary/aromatic N) is 2. The summed E-state index contributed by atoms with van der Waals surface area (Å²) in [5, 5.41) is 9.15. The van der Waals surface area contributed by atoms with Crippen LogP contribution in [-0.2, 0) is 11.8 Å². The van der Waals surface area contributed by atoms with Crippen molar-refractivity contribution in [3.8, 4) is 0 Å². The molecule has 1 saturated carbocycles. The normalized spacial score (nSPS) is 16.7. The minimum Gasteiger partial charge on any atom is -0.481 e. The third-order valence-corrected chi connectivity index (χ3v) is 3.82. The number of carbonyl (C=O) groups is 1. The summed E-state index contributed by atoms with van der Waals surface area (Å²) < 4.78 is 2.11. The molecule has 19 heavy (non-hydrogen) atoms. The summed E-state index contributed by atoms with van der Waals surface area (Å²) in [4.78, 5) is 15.8. The molecule has 100 valence electrons.